The Kier molecular flexibility index (Phi) is 3.92. The van der Waals surface area contributed by atoms with Crippen LogP contribution in [0.2, 0.25) is 0 Å². The van der Waals surface area contributed by atoms with Crippen LogP contribution in [0.15, 0.2) is 42.7 Å². The smallest absolute Gasteiger partial charge is 0.206 e. The highest BCUT2D eigenvalue weighted by Crippen LogP contribution is 2.27. The molecular weight excluding hydrogens is 303 g/mol. The molecule has 2 aromatic heterocycles. The second kappa shape index (κ2) is 6.23. The third-order valence-corrected chi connectivity index (χ3v) is 4.80. The average Bonchev–Trinajstić information content (AvgIpc) is 2.94. The van der Waals surface area contributed by atoms with E-state index in [0.717, 1.165) is 41.6 Å². The molecule has 0 N–H and O–H groups in total. The molecule has 0 atom stereocenters. The van der Waals surface area contributed by atoms with Gasteiger partial charge in [0.15, 0.2) is 0 Å². The van der Waals surface area contributed by atoms with Crippen molar-refractivity contribution < 1.29 is 4.39 Å². The first-order valence-corrected chi connectivity index (χ1v) is 8.50. The van der Waals surface area contributed by atoms with Crippen LogP contribution >= 0.6 is 0 Å². The summed E-state index contributed by atoms with van der Waals surface area (Å²) in [5.74, 6) is 1.45. The van der Waals surface area contributed by atoms with Crippen LogP contribution in [0.1, 0.15) is 25.3 Å². The molecule has 4 rings (SSSR count). The molecule has 1 aromatic carbocycles. The summed E-state index contributed by atoms with van der Waals surface area (Å²) in [4.78, 5) is 11.2. The summed E-state index contributed by atoms with van der Waals surface area (Å²) in [6.45, 7) is 4.92. The molecular formula is C19H21FN4. The Labute approximate surface area is 141 Å². The first-order chi connectivity index (χ1) is 11.7. The fourth-order valence-corrected chi connectivity index (χ4v) is 3.39. The fraction of sp³-hybridized carbons (Fsp3) is 0.368. The van der Waals surface area contributed by atoms with Crippen LogP contribution in [-0.2, 0) is 6.54 Å². The number of aromatic nitrogens is 3. The predicted octanol–water partition coefficient (Wildman–Crippen LogP) is 3.86. The molecule has 1 saturated heterocycles. The summed E-state index contributed by atoms with van der Waals surface area (Å²) in [5.41, 5.74) is 2.91. The number of piperidine rings is 1. The van der Waals surface area contributed by atoms with Gasteiger partial charge in [-0.3, -0.25) is 4.98 Å². The van der Waals surface area contributed by atoms with Crippen LogP contribution in [0.25, 0.3) is 11.0 Å². The Morgan fingerprint density at radius 3 is 2.75 bits per heavy atom. The van der Waals surface area contributed by atoms with E-state index in [0.29, 0.717) is 6.54 Å². The minimum absolute atomic E-state index is 0.301. The van der Waals surface area contributed by atoms with E-state index in [9.17, 15) is 4.39 Å². The van der Waals surface area contributed by atoms with E-state index in [1.54, 1.807) is 12.3 Å². The number of hydrogen-bond donors (Lipinski definition) is 0. The van der Waals surface area contributed by atoms with Gasteiger partial charge in [0.05, 0.1) is 23.8 Å². The van der Waals surface area contributed by atoms with Crippen LogP contribution in [0.5, 0.6) is 0 Å². The van der Waals surface area contributed by atoms with E-state index in [1.165, 1.54) is 19.0 Å². The molecule has 1 aliphatic rings. The lowest BCUT2D eigenvalue weighted by Crippen LogP contribution is -2.34. The zero-order chi connectivity index (χ0) is 16.5. The van der Waals surface area contributed by atoms with Crippen LogP contribution in [0, 0.1) is 11.7 Å². The third-order valence-electron chi connectivity index (χ3n) is 4.80. The summed E-state index contributed by atoms with van der Waals surface area (Å²) < 4.78 is 15.7. The molecule has 1 fully saturated rings. The number of hydrogen-bond acceptors (Lipinski definition) is 3. The zero-order valence-electron chi connectivity index (χ0n) is 13.8. The van der Waals surface area contributed by atoms with Gasteiger partial charge in [0.2, 0.25) is 5.95 Å². The molecule has 0 amide bonds. The van der Waals surface area contributed by atoms with Crippen molar-refractivity contribution in [1.29, 1.82) is 0 Å². The second-order valence-corrected chi connectivity index (χ2v) is 6.67. The van der Waals surface area contributed by atoms with Gasteiger partial charge in [-0.15, -0.1) is 0 Å². The standard InChI is InChI=1S/C19H21FN4/c1-14-6-8-23(9-7-14)19-22-17-4-2-3-5-18(17)24(19)13-15-10-16(20)12-21-11-15/h2-5,10-12,14H,6-9,13H2,1H3. The molecule has 24 heavy (non-hydrogen) atoms. The number of pyridine rings is 1. The van der Waals surface area contributed by atoms with Gasteiger partial charge in [0, 0.05) is 19.3 Å². The number of para-hydroxylation sites is 2. The van der Waals surface area contributed by atoms with Crippen LogP contribution in [0.4, 0.5) is 10.3 Å². The number of anilines is 1. The lowest BCUT2D eigenvalue weighted by molar-refractivity contribution is 0.432. The lowest BCUT2D eigenvalue weighted by atomic mass is 10.00. The highest BCUT2D eigenvalue weighted by molar-refractivity contribution is 5.79. The Balaban J connectivity index is 1.75. The van der Waals surface area contributed by atoms with Gasteiger partial charge in [-0.2, -0.15) is 0 Å². The van der Waals surface area contributed by atoms with Crippen LogP contribution in [-0.4, -0.2) is 27.6 Å². The predicted molar refractivity (Wildman–Crippen MR) is 93.6 cm³/mol. The summed E-state index contributed by atoms with van der Waals surface area (Å²) in [7, 11) is 0. The lowest BCUT2D eigenvalue weighted by Gasteiger charge is -2.31. The third kappa shape index (κ3) is 2.86. The van der Waals surface area contributed by atoms with Crippen molar-refractivity contribution in [1.82, 2.24) is 14.5 Å². The van der Waals surface area contributed by atoms with Crippen molar-refractivity contribution in [2.24, 2.45) is 5.92 Å². The molecule has 0 aliphatic carbocycles. The molecule has 3 aromatic rings. The summed E-state index contributed by atoms with van der Waals surface area (Å²) in [6.07, 6.45) is 5.33. The summed E-state index contributed by atoms with van der Waals surface area (Å²) in [5, 5.41) is 0. The molecule has 0 unspecified atom stereocenters. The maximum Gasteiger partial charge on any atom is 0.206 e. The van der Waals surface area contributed by atoms with Gasteiger partial charge >= 0.3 is 0 Å². The van der Waals surface area contributed by atoms with E-state index in [1.807, 2.05) is 18.2 Å². The molecule has 5 heteroatoms. The minimum atomic E-state index is -0.301. The van der Waals surface area contributed by atoms with Crippen molar-refractivity contribution in [2.75, 3.05) is 18.0 Å². The molecule has 4 nitrogen and oxygen atoms in total. The highest BCUT2D eigenvalue weighted by atomic mass is 19.1. The molecule has 0 spiro atoms. The Morgan fingerprint density at radius 1 is 1.17 bits per heavy atom. The topological polar surface area (TPSA) is 34.0 Å². The highest BCUT2D eigenvalue weighted by Gasteiger charge is 2.21. The first-order valence-electron chi connectivity index (χ1n) is 8.50. The average molecular weight is 324 g/mol. The van der Waals surface area contributed by atoms with Gasteiger partial charge in [-0.25, -0.2) is 9.37 Å². The minimum Gasteiger partial charge on any atom is -0.342 e. The van der Waals surface area contributed by atoms with E-state index >= 15 is 0 Å². The van der Waals surface area contributed by atoms with Crippen LogP contribution < -0.4 is 4.90 Å². The number of fused-ring (bicyclic) bond motifs is 1. The maximum atomic E-state index is 13.5. The molecule has 124 valence electrons. The molecule has 0 radical (unpaired) electrons. The van der Waals surface area contributed by atoms with E-state index in [-0.39, 0.29) is 5.82 Å². The quantitative estimate of drug-likeness (QED) is 0.734. The maximum absolute atomic E-state index is 13.5. The van der Waals surface area contributed by atoms with E-state index < -0.39 is 0 Å². The monoisotopic (exact) mass is 324 g/mol. The van der Waals surface area contributed by atoms with Crippen molar-refractivity contribution in [2.45, 2.75) is 26.3 Å². The fourth-order valence-electron chi connectivity index (χ4n) is 3.39. The largest absolute Gasteiger partial charge is 0.342 e. The van der Waals surface area contributed by atoms with Crippen molar-refractivity contribution in [3.8, 4) is 0 Å². The van der Waals surface area contributed by atoms with E-state index in [2.05, 4.69) is 27.4 Å². The van der Waals surface area contributed by atoms with Gasteiger partial charge in [0.25, 0.3) is 0 Å². The number of halogens is 1. The van der Waals surface area contributed by atoms with Gasteiger partial charge in [-0.05, 0) is 42.5 Å². The van der Waals surface area contributed by atoms with Gasteiger partial charge < -0.3 is 9.47 Å². The zero-order valence-corrected chi connectivity index (χ0v) is 13.8. The second-order valence-electron chi connectivity index (χ2n) is 6.67. The molecule has 0 bridgehead atoms. The molecule has 3 heterocycles. The van der Waals surface area contributed by atoms with Crippen molar-refractivity contribution in [3.63, 3.8) is 0 Å². The number of nitrogens with zero attached hydrogens (tertiary/aromatic N) is 4. The summed E-state index contributed by atoms with van der Waals surface area (Å²) in [6, 6.07) is 9.68. The molecule has 0 saturated carbocycles. The number of rotatable bonds is 3. The normalized spacial score (nSPS) is 16.0. The van der Waals surface area contributed by atoms with Crippen molar-refractivity contribution in [3.05, 3.63) is 54.1 Å². The number of benzene rings is 1. The van der Waals surface area contributed by atoms with E-state index in [4.69, 9.17) is 4.98 Å². The van der Waals surface area contributed by atoms with Gasteiger partial charge in [-0.1, -0.05) is 19.1 Å². The Morgan fingerprint density at radius 2 is 1.96 bits per heavy atom. The SMILES string of the molecule is CC1CCN(c2nc3ccccc3n2Cc2cncc(F)c2)CC1. The Bertz CT molecular complexity index is 849. The summed E-state index contributed by atoms with van der Waals surface area (Å²) >= 11 is 0. The van der Waals surface area contributed by atoms with Gasteiger partial charge in [0.1, 0.15) is 5.82 Å². The molecule has 1 aliphatic heterocycles. The first kappa shape index (κ1) is 15.1. The van der Waals surface area contributed by atoms with Crippen LogP contribution in [0.3, 0.4) is 0 Å². The van der Waals surface area contributed by atoms with Crippen molar-refractivity contribution >= 4 is 17.0 Å². The Hall–Kier alpha value is -2.43. The number of imidazole rings is 1.